The van der Waals surface area contributed by atoms with Gasteiger partial charge in [0.2, 0.25) is 0 Å². The molecule has 0 atom stereocenters. The molecule has 0 bridgehead atoms. The van der Waals surface area contributed by atoms with Crippen LogP contribution >= 0.6 is 0 Å². The predicted octanol–water partition coefficient (Wildman–Crippen LogP) is 13.7. The van der Waals surface area contributed by atoms with E-state index in [2.05, 4.69) is 157 Å². The third-order valence-electron chi connectivity index (χ3n) is 12.5. The van der Waals surface area contributed by atoms with Crippen LogP contribution in [0.25, 0.3) is 78.4 Å². The van der Waals surface area contributed by atoms with Gasteiger partial charge >= 0.3 is 0 Å². The lowest BCUT2D eigenvalue weighted by Crippen LogP contribution is -2.27. The van der Waals surface area contributed by atoms with Crippen LogP contribution in [0, 0.1) is 0 Å². The second-order valence-electron chi connectivity index (χ2n) is 18.0. The Labute approximate surface area is 339 Å². The quantitative estimate of drug-likeness (QED) is 0.180. The number of rotatable bonds is 3. The Morgan fingerprint density at radius 1 is 0.397 bits per heavy atom. The topological polar surface area (TPSA) is 51.8 Å². The molecule has 4 heteroatoms. The summed E-state index contributed by atoms with van der Waals surface area (Å²) in [6.07, 6.45) is 0. The molecule has 2 aliphatic rings. The number of fused-ring (bicyclic) bond motifs is 13. The first-order chi connectivity index (χ1) is 28.0. The minimum absolute atomic E-state index is 0.0229. The summed E-state index contributed by atoms with van der Waals surface area (Å²) < 4.78 is 6.34. The van der Waals surface area contributed by atoms with Crippen molar-refractivity contribution in [3.63, 3.8) is 0 Å². The summed E-state index contributed by atoms with van der Waals surface area (Å²) in [5.74, 6) is 1.87. The maximum atomic E-state index is 6.34. The van der Waals surface area contributed by atoms with Gasteiger partial charge in [-0.05, 0) is 84.7 Å². The number of furan rings is 1. The molecule has 58 heavy (non-hydrogen) atoms. The summed E-state index contributed by atoms with van der Waals surface area (Å²) in [5.41, 5.74) is 16.7. The first-order valence-corrected chi connectivity index (χ1v) is 20.3. The average Bonchev–Trinajstić information content (AvgIpc) is 3.86. The average molecular weight is 750 g/mol. The fourth-order valence-electron chi connectivity index (χ4n) is 9.56. The zero-order valence-corrected chi connectivity index (χ0v) is 33.7. The van der Waals surface area contributed by atoms with Crippen molar-refractivity contribution in [2.75, 3.05) is 0 Å². The van der Waals surface area contributed by atoms with Crippen LogP contribution in [0.5, 0.6) is 0 Å². The first-order valence-electron chi connectivity index (χ1n) is 20.3. The van der Waals surface area contributed by atoms with E-state index in [1.807, 2.05) is 36.4 Å². The minimum atomic E-state index is -0.528. The lowest BCUT2D eigenvalue weighted by molar-refractivity contribution is 0.586. The van der Waals surface area contributed by atoms with Gasteiger partial charge in [0, 0.05) is 27.5 Å². The summed E-state index contributed by atoms with van der Waals surface area (Å²) in [6.45, 7) is 13.9. The molecule has 2 heterocycles. The number of aromatic nitrogens is 3. The number of nitrogens with zero attached hydrogens (tertiary/aromatic N) is 3. The van der Waals surface area contributed by atoms with Gasteiger partial charge in [-0.15, -0.1) is 0 Å². The molecule has 0 radical (unpaired) electrons. The van der Waals surface area contributed by atoms with Gasteiger partial charge in [0.05, 0.1) is 5.41 Å². The third kappa shape index (κ3) is 4.97. The van der Waals surface area contributed by atoms with E-state index in [4.69, 9.17) is 19.4 Å². The Bertz CT molecular complexity index is 3080. The van der Waals surface area contributed by atoms with Gasteiger partial charge in [-0.25, -0.2) is 15.0 Å². The maximum absolute atomic E-state index is 6.34. The van der Waals surface area contributed by atoms with E-state index in [1.165, 1.54) is 55.6 Å². The lowest BCUT2D eigenvalue weighted by Gasteiger charge is -2.32. The van der Waals surface area contributed by atoms with Crippen molar-refractivity contribution in [3.05, 3.63) is 185 Å². The highest BCUT2D eigenvalue weighted by Gasteiger charge is 2.53. The van der Waals surface area contributed by atoms with Crippen molar-refractivity contribution in [1.82, 2.24) is 15.0 Å². The zero-order valence-electron chi connectivity index (χ0n) is 33.7. The monoisotopic (exact) mass is 749 g/mol. The van der Waals surface area contributed by atoms with Crippen LogP contribution in [0.1, 0.15) is 74.9 Å². The summed E-state index contributed by atoms with van der Waals surface area (Å²) in [4.78, 5) is 15.8. The van der Waals surface area contributed by atoms with Gasteiger partial charge in [0.25, 0.3) is 0 Å². The Kier molecular flexibility index (Phi) is 7.26. The molecule has 0 amide bonds. The molecule has 0 unspecified atom stereocenters. The van der Waals surface area contributed by atoms with E-state index < -0.39 is 5.41 Å². The van der Waals surface area contributed by atoms with Gasteiger partial charge in [-0.3, -0.25) is 0 Å². The molecule has 1 spiro atoms. The highest BCUT2D eigenvalue weighted by Crippen LogP contribution is 2.64. The lowest BCUT2D eigenvalue weighted by atomic mass is 9.68. The Balaban J connectivity index is 1.20. The molecule has 4 nitrogen and oxygen atoms in total. The fourth-order valence-corrected chi connectivity index (χ4v) is 9.56. The van der Waals surface area contributed by atoms with Crippen LogP contribution in [0.15, 0.2) is 156 Å². The van der Waals surface area contributed by atoms with E-state index >= 15 is 0 Å². The van der Waals surface area contributed by atoms with Crippen LogP contribution in [0.3, 0.4) is 0 Å². The van der Waals surface area contributed by atoms with Crippen molar-refractivity contribution in [1.29, 1.82) is 0 Å². The second kappa shape index (κ2) is 12.2. The van der Waals surface area contributed by atoms with Crippen LogP contribution < -0.4 is 0 Å². The fraction of sp³-hybridized carbons (Fsp3) is 0.167. The minimum Gasteiger partial charge on any atom is -0.456 e. The number of benzene rings is 7. The summed E-state index contributed by atoms with van der Waals surface area (Å²) in [5, 5.41) is 2.16. The summed E-state index contributed by atoms with van der Waals surface area (Å²) >= 11 is 0. The van der Waals surface area contributed by atoms with Gasteiger partial charge in [0.1, 0.15) is 11.2 Å². The zero-order chi connectivity index (χ0) is 39.6. The molecule has 0 fully saturated rings. The molecule has 11 rings (SSSR count). The smallest absolute Gasteiger partial charge is 0.164 e. The standard InChI is InChI=1S/C54H43N3O/c1-52(2,3)34-24-27-36-37-28-25-35(53(4,5)6)31-45(37)54(44(36)30-34)42-20-12-10-18-40(42)48-41(19-14-21-43(48)54)51-56-49(32-15-8-7-9-16-32)55-50(57-51)33-23-26-39-38-17-11-13-22-46(38)58-47(39)29-33/h7-31H,1-6H3. The van der Waals surface area contributed by atoms with Crippen molar-refractivity contribution < 1.29 is 4.42 Å². The second-order valence-corrected chi connectivity index (χ2v) is 18.0. The van der Waals surface area contributed by atoms with Crippen LogP contribution in [-0.4, -0.2) is 15.0 Å². The van der Waals surface area contributed by atoms with E-state index in [1.54, 1.807) is 0 Å². The molecule has 2 aromatic heterocycles. The Morgan fingerprint density at radius 3 is 1.67 bits per heavy atom. The van der Waals surface area contributed by atoms with Gasteiger partial charge < -0.3 is 4.42 Å². The summed E-state index contributed by atoms with van der Waals surface area (Å²) in [7, 11) is 0. The van der Waals surface area contributed by atoms with E-state index in [-0.39, 0.29) is 10.8 Å². The van der Waals surface area contributed by atoms with E-state index in [0.29, 0.717) is 17.5 Å². The third-order valence-corrected chi connectivity index (χ3v) is 12.5. The molecule has 280 valence electrons. The van der Waals surface area contributed by atoms with Gasteiger partial charge in [-0.2, -0.15) is 0 Å². The van der Waals surface area contributed by atoms with Crippen LogP contribution in [-0.2, 0) is 16.2 Å². The number of hydrogen-bond donors (Lipinski definition) is 0. The van der Waals surface area contributed by atoms with Crippen molar-refractivity contribution in [3.8, 4) is 56.4 Å². The number of para-hydroxylation sites is 1. The van der Waals surface area contributed by atoms with Crippen LogP contribution in [0.2, 0.25) is 0 Å². The summed E-state index contributed by atoms with van der Waals surface area (Å²) in [6, 6.07) is 54.8. The molecule has 0 saturated heterocycles. The Hall–Kier alpha value is -6.65. The maximum Gasteiger partial charge on any atom is 0.164 e. The molecule has 0 aliphatic heterocycles. The molecule has 7 aromatic carbocycles. The van der Waals surface area contributed by atoms with Gasteiger partial charge in [0.15, 0.2) is 17.5 Å². The Morgan fingerprint density at radius 2 is 0.966 bits per heavy atom. The van der Waals surface area contributed by atoms with Crippen LogP contribution in [0.4, 0.5) is 0 Å². The van der Waals surface area contributed by atoms with Crippen molar-refractivity contribution in [2.24, 2.45) is 0 Å². The molecule has 9 aromatic rings. The normalized spacial score (nSPS) is 13.8. The van der Waals surface area contributed by atoms with Crippen molar-refractivity contribution >= 4 is 21.9 Å². The first kappa shape index (κ1) is 34.6. The van der Waals surface area contributed by atoms with E-state index in [9.17, 15) is 0 Å². The largest absolute Gasteiger partial charge is 0.456 e. The molecule has 2 aliphatic carbocycles. The van der Waals surface area contributed by atoms with E-state index in [0.717, 1.165) is 38.6 Å². The number of hydrogen-bond acceptors (Lipinski definition) is 4. The highest BCUT2D eigenvalue weighted by molar-refractivity contribution is 6.06. The molecule has 0 N–H and O–H groups in total. The SMILES string of the molecule is CC(C)(C)c1ccc2c(c1)C1(c3cc(C(C)(C)C)ccc3-2)c2ccccc2-c2c(-c3nc(-c4ccccc4)nc(-c4ccc5c(c4)oc4ccccc45)n3)cccc21. The predicted molar refractivity (Wildman–Crippen MR) is 237 cm³/mol. The molecule has 0 saturated carbocycles. The molecular formula is C54H43N3O. The highest BCUT2D eigenvalue weighted by atomic mass is 16.3. The van der Waals surface area contributed by atoms with Gasteiger partial charge in [-0.1, -0.05) is 175 Å². The molecular weight excluding hydrogens is 707 g/mol. The van der Waals surface area contributed by atoms with Crippen molar-refractivity contribution in [2.45, 2.75) is 57.8 Å².